The summed E-state index contributed by atoms with van der Waals surface area (Å²) >= 11 is 0. The van der Waals surface area contributed by atoms with Crippen molar-refractivity contribution in [1.29, 1.82) is 0 Å². The van der Waals surface area contributed by atoms with Crippen LogP contribution in [-0.2, 0) is 9.59 Å². The van der Waals surface area contributed by atoms with Gasteiger partial charge in [-0.1, -0.05) is 97.8 Å². The second kappa shape index (κ2) is 20.7. The van der Waals surface area contributed by atoms with Crippen LogP contribution in [0.4, 0.5) is 0 Å². The van der Waals surface area contributed by atoms with E-state index in [0.717, 1.165) is 51.6 Å². The molecule has 0 saturated heterocycles. The average Bonchev–Trinajstić information content (AvgIpc) is 2.68. The maximum Gasteiger partial charge on any atom is 0.223 e. The second-order valence-electron chi connectivity index (χ2n) is 8.22. The van der Waals surface area contributed by atoms with Gasteiger partial charge in [0.1, 0.15) is 0 Å². The van der Waals surface area contributed by atoms with E-state index in [1.807, 2.05) is 0 Å². The Morgan fingerprint density at radius 2 is 1.07 bits per heavy atom. The molecule has 166 valence electrons. The van der Waals surface area contributed by atoms with Gasteiger partial charge in [-0.15, -0.1) is 0 Å². The molecule has 0 aliphatic heterocycles. The second-order valence-corrected chi connectivity index (χ2v) is 8.22. The summed E-state index contributed by atoms with van der Waals surface area (Å²) in [6.07, 6.45) is 18.2. The number of rotatable bonds is 20. The lowest BCUT2D eigenvalue weighted by molar-refractivity contribution is -0.130. The maximum absolute atomic E-state index is 12.5. The van der Waals surface area contributed by atoms with Gasteiger partial charge < -0.3 is 10.6 Å². The fourth-order valence-electron chi connectivity index (χ4n) is 3.44. The first-order chi connectivity index (χ1) is 13.7. The molecule has 0 fully saturated rings. The van der Waals surface area contributed by atoms with Gasteiger partial charge in [0.25, 0.3) is 0 Å². The van der Waals surface area contributed by atoms with Crippen molar-refractivity contribution in [2.75, 3.05) is 13.1 Å². The molecule has 0 aromatic carbocycles. The van der Waals surface area contributed by atoms with Crippen LogP contribution in [-0.4, -0.2) is 24.9 Å². The molecule has 0 aliphatic carbocycles. The number of carbonyl (C=O) groups excluding carboxylic acids is 2. The van der Waals surface area contributed by atoms with Crippen molar-refractivity contribution in [2.45, 2.75) is 124 Å². The number of unbranched alkanes of at least 4 members (excludes halogenated alkanes) is 11. The van der Waals surface area contributed by atoms with Crippen molar-refractivity contribution in [3.05, 3.63) is 0 Å². The summed E-state index contributed by atoms with van der Waals surface area (Å²) in [5, 5.41) is 5.98. The van der Waals surface area contributed by atoms with Gasteiger partial charge in [-0.25, -0.2) is 0 Å². The molecule has 0 spiro atoms. The quantitative estimate of drug-likeness (QED) is 0.243. The predicted molar refractivity (Wildman–Crippen MR) is 120 cm³/mol. The lowest BCUT2D eigenvalue weighted by atomic mass is 9.95. The van der Waals surface area contributed by atoms with Crippen LogP contribution in [0.3, 0.4) is 0 Å². The Hall–Kier alpha value is -1.06. The van der Waals surface area contributed by atoms with E-state index in [2.05, 4.69) is 31.4 Å². The van der Waals surface area contributed by atoms with Gasteiger partial charge in [0.15, 0.2) is 0 Å². The number of hydrogen-bond acceptors (Lipinski definition) is 2. The molecule has 2 amide bonds. The van der Waals surface area contributed by atoms with E-state index in [4.69, 9.17) is 0 Å². The largest absolute Gasteiger partial charge is 0.356 e. The maximum atomic E-state index is 12.5. The van der Waals surface area contributed by atoms with E-state index in [-0.39, 0.29) is 17.7 Å². The highest BCUT2D eigenvalue weighted by atomic mass is 16.2. The zero-order valence-electron chi connectivity index (χ0n) is 19.1. The Bertz CT molecular complexity index is 372. The predicted octanol–water partition coefficient (Wildman–Crippen LogP) is 6.14. The SMILES string of the molecule is CCCCCCCCCCCCC(CC(=O)NCCCC)C(=O)NCCCC. The zero-order valence-corrected chi connectivity index (χ0v) is 19.1. The highest BCUT2D eigenvalue weighted by Crippen LogP contribution is 2.17. The minimum atomic E-state index is -0.174. The Morgan fingerprint density at radius 1 is 0.607 bits per heavy atom. The van der Waals surface area contributed by atoms with Crippen LogP contribution >= 0.6 is 0 Å². The molecule has 2 N–H and O–H groups in total. The number of amides is 2. The van der Waals surface area contributed by atoms with Crippen LogP contribution < -0.4 is 10.6 Å². The third-order valence-electron chi connectivity index (χ3n) is 5.39. The van der Waals surface area contributed by atoms with E-state index >= 15 is 0 Å². The Balaban J connectivity index is 4.05. The molecule has 0 bridgehead atoms. The molecule has 0 saturated carbocycles. The number of hydrogen-bond donors (Lipinski definition) is 2. The molecule has 1 atom stereocenters. The van der Waals surface area contributed by atoms with Crippen LogP contribution in [0, 0.1) is 5.92 Å². The first-order valence-electron chi connectivity index (χ1n) is 12.2. The van der Waals surface area contributed by atoms with Crippen molar-refractivity contribution >= 4 is 11.8 Å². The molecule has 0 radical (unpaired) electrons. The molecular formula is C24H48N2O2. The fourth-order valence-corrected chi connectivity index (χ4v) is 3.44. The molecule has 0 aliphatic rings. The third kappa shape index (κ3) is 17.1. The van der Waals surface area contributed by atoms with Crippen molar-refractivity contribution < 1.29 is 9.59 Å². The van der Waals surface area contributed by atoms with Gasteiger partial charge in [0.2, 0.25) is 11.8 Å². The number of carbonyl (C=O) groups is 2. The molecule has 1 unspecified atom stereocenters. The Morgan fingerprint density at radius 3 is 1.61 bits per heavy atom. The first kappa shape index (κ1) is 26.9. The third-order valence-corrected chi connectivity index (χ3v) is 5.39. The summed E-state index contributed by atoms with van der Waals surface area (Å²) in [5.74, 6) is -0.0845. The lowest BCUT2D eigenvalue weighted by Crippen LogP contribution is -2.35. The summed E-state index contributed by atoms with van der Waals surface area (Å²) in [6.45, 7) is 7.93. The molecule has 4 nitrogen and oxygen atoms in total. The summed E-state index contributed by atoms with van der Waals surface area (Å²) in [4.78, 5) is 24.6. The van der Waals surface area contributed by atoms with E-state index in [0.29, 0.717) is 6.42 Å². The molecule has 0 heterocycles. The molecular weight excluding hydrogens is 348 g/mol. The van der Waals surface area contributed by atoms with Gasteiger partial charge in [-0.05, 0) is 19.3 Å². The minimum absolute atomic E-state index is 0.0242. The molecule has 4 heteroatoms. The van der Waals surface area contributed by atoms with Gasteiger partial charge in [-0.3, -0.25) is 9.59 Å². The summed E-state index contributed by atoms with van der Waals surface area (Å²) in [7, 11) is 0. The van der Waals surface area contributed by atoms with Crippen molar-refractivity contribution in [1.82, 2.24) is 10.6 Å². The summed E-state index contributed by atoms with van der Waals surface area (Å²) < 4.78 is 0. The molecule has 0 aromatic rings. The normalized spacial score (nSPS) is 12.0. The smallest absolute Gasteiger partial charge is 0.223 e. The Labute approximate surface area is 175 Å². The van der Waals surface area contributed by atoms with Crippen LogP contribution in [0.25, 0.3) is 0 Å². The highest BCUT2D eigenvalue weighted by Gasteiger charge is 2.21. The first-order valence-corrected chi connectivity index (χ1v) is 12.2. The molecule has 28 heavy (non-hydrogen) atoms. The van der Waals surface area contributed by atoms with E-state index in [9.17, 15) is 9.59 Å². The van der Waals surface area contributed by atoms with Gasteiger partial charge in [0.05, 0.1) is 0 Å². The standard InChI is InChI=1S/C24H48N2O2/c1-4-7-10-11-12-13-14-15-16-17-18-22(24(28)26-20-9-6-3)21-23(27)25-19-8-5-2/h22H,4-21H2,1-3H3,(H,25,27)(H,26,28). The topological polar surface area (TPSA) is 58.2 Å². The number of nitrogens with one attached hydrogen (secondary N) is 2. The average molecular weight is 397 g/mol. The highest BCUT2D eigenvalue weighted by molar-refractivity contribution is 5.85. The van der Waals surface area contributed by atoms with E-state index < -0.39 is 0 Å². The minimum Gasteiger partial charge on any atom is -0.356 e. The van der Waals surface area contributed by atoms with E-state index in [1.54, 1.807) is 0 Å². The molecule has 0 rings (SSSR count). The lowest BCUT2D eigenvalue weighted by Gasteiger charge is -2.17. The van der Waals surface area contributed by atoms with Gasteiger partial charge >= 0.3 is 0 Å². The summed E-state index contributed by atoms with van der Waals surface area (Å²) in [6, 6.07) is 0. The van der Waals surface area contributed by atoms with E-state index in [1.165, 1.54) is 57.8 Å². The van der Waals surface area contributed by atoms with Crippen molar-refractivity contribution in [3.63, 3.8) is 0 Å². The van der Waals surface area contributed by atoms with Gasteiger partial charge in [0, 0.05) is 25.4 Å². The van der Waals surface area contributed by atoms with Crippen LogP contribution in [0.5, 0.6) is 0 Å². The summed E-state index contributed by atoms with van der Waals surface area (Å²) in [5.41, 5.74) is 0. The van der Waals surface area contributed by atoms with Crippen LogP contribution in [0.15, 0.2) is 0 Å². The van der Waals surface area contributed by atoms with Crippen LogP contribution in [0.1, 0.15) is 124 Å². The molecule has 0 aromatic heterocycles. The fraction of sp³-hybridized carbons (Fsp3) is 0.917. The van der Waals surface area contributed by atoms with Gasteiger partial charge in [-0.2, -0.15) is 0 Å². The van der Waals surface area contributed by atoms with Crippen LogP contribution in [0.2, 0.25) is 0 Å². The van der Waals surface area contributed by atoms with Crippen molar-refractivity contribution in [3.8, 4) is 0 Å². The zero-order chi connectivity index (χ0) is 20.9. The van der Waals surface area contributed by atoms with Crippen molar-refractivity contribution in [2.24, 2.45) is 5.92 Å². The Kier molecular flexibility index (Phi) is 19.9. The monoisotopic (exact) mass is 396 g/mol.